The average Bonchev–Trinajstić information content (AvgIpc) is 2.55. The van der Waals surface area contributed by atoms with Crippen molar-refractivity contribution in [1.82, 2.24) is 14.9 Å². The molecule has 0 spiro atoms. The second-order valence-electron chi connectivity index (χ2n) is 6.52. The van der Waals surface area contributed by atoms with Crippen LogP contribution >= 0.6 is 0 Å². The monoisotopic (exact) mass is 320 g/mol. The molecule has 1 amide bonds. The van der Waals surface area contributed by atoms with E-state index in [1.54, 1.807) is 12.4 Å². The van der Waals surface area contributed by atoms with Crippen molar-refractivity contribution in [2.45, 2.75) is 26.1 Å². The van der Waals surface area contributed by atoms with Crippen LogP contribution in [0.25, 0.3) is 0 Å². The topological polar surface area (TPSA) is 63.0 Å². The Bertz CT molecular complexity index is 508. The summed E-state index contributed by atoms with van der Waals surface area (Å²) in [5.74, 6) is 1.03. The van der Waals surface area contributed by atoms with Crippen molar-refractivity contribution in [1.29, 1.82) is 0 Å². The normalized spacial score (nSPS) is 26.3. The number of nitrogens with zero attached hydrogens (tertiary/aromatic N) is 4. The van der Waals surface area contributed by atoms with Crippen molar-refractivity contribution < 1.29 is 14.4 Å². The molecule has 3 heterocycles. The van der Waals surface area contributed by atoms with E-state index in [9.17, 15) is 4.79 Å². The fourth-order valence-corrected chi connectivity index (χ4v) is 3.36. The van der Waals surface area contributed by atoms with Crippen molar-refractivity contribution in [2.24, 2.45) is 0 Å². The molecule has 1 aromatic heterocycles. The Morgan fingerprint density at radius 3 is 2.43 bits per heavy atom. The fourth-order valence-electron chi connectivity index (χ4n) is 3.36. The number of hydrogen-bond donors (Lipinski definition) is 1. The van der Waals surface area contributed by atoms with Gasteiger partial charge in [-0.1, -0.05) is 0 Å². The first-order valence-electron chi connectivity index (χ1n) is 8.40. The molecule has 0 aromatic carbocycles. The summed E-state index contributed by atoms with van der Waals surface area (Å²) in [6.45, 7) is 9.72. The molecular formula is C16H26N5O2+. The second kappa shape index (κ2) is 7.23. The van der Waals surface area contributed by atoms with E-state index in [-0.39, 0.29) is 18.1 Å². The van der Waals surface area contributed by atoms with E-state index in [1.807, 2.05) is 24.8 Å². The van der Waals surface area contributed by atoms with Gasteiger partial charge in [0.25, 0.3) is 5.91 Å². The zero-order chi connectivity index (χ0) is 16.2. The number of hydrogen-bond acceptors (Lipinski definition) is 5. The Balaban J connectivity index is 1.48. The molecule has 2 aliphatic heterocycles. The predicted molar refractivity (Wildman–Crippen MR) is 86.4 cm³/mol. The summed E-state index contributed by atoms with van der Waals surface area (Å²) < 4.78 is 5.70. The number of carbonyl (C=O) groups excluding carboxylic acids is 1. The summed E-state index contributed by atoms with van der Waals surface area (Å²) in [6.07, 6.45) is 3.80. The van der Waals surface area contributed by atoms with Crippen LogP contribution in [-0.2, 0) is 9.53 Å². The van der Waals surface area contributed by atoms with Crippen LogP contribution in [0.3, 0.4) is 0 Å². The summed E-state index contributed by atoms with van der Waals surface area (Å²) in [7, 11) is 0. The van der Waals surface area contributed by atoms with Crippen LogP contribution in [-0.4, -0.2) is 78.8 Å². The van der Waals surface area contributed by atoms with Gasteiger partial charge in [0.05, 0.1) is 38.4 Å². The highest BCUT2D eigenvalue weighted by Crippen LogP contribution is 2.10. The maximum absolute atomic E-state index is 12.5. The largest absolute Gasteiger partial charge is 0.372 e. The quantitative estimate of drug-likeness (QED) is 0.759. The lowest BCUT2D eigenvalue weighted by atomic mass is 10.2. The highest BCUT2D eigenvalue weighted by Gasteiger charge is 2.29. The van der Waals surface area contributed by atoms with E-state index < -0.39 is 0 Å². The molecule has 0 bridgehead atoms. The van der Waals surface area contributed by atoms with Gasteiger partial charge in [0.2, 0.25) is 5.95 Å². The maximum atomic E-state index is 12.5. The second-order valence-corrected chi connectivity index (χ2v) is 6.52. The maximum Gasteiger partial charge on any atom is 0.277 e. The minimum atomic E-state index is 0.129. The summed E-state index contributed by atoms with van der Waals surface area (Å²) >= 11 is 0. The molecule has 2 fully saturated rings. The van der Waals surface area contributed by atoms with Crippen LogP contribution in [0, 0.1) is 0 Å². The number of anilines is 1. The van der Waals surface area contributed by atoms with Gasteiger partial charge in [0, 0.05) is 25.5 Å². The SMILES string of the molecule is C[C@@H]1CN(C(=O)C[NH+]2CCN(c3ncccn3)CC2)C[C@H](C)O1. The van der Waals surface area contributed by atoms with Gasteiger partial charge in [-0.2, -0.15) is 0 Å². The molecule has 23 heavy (non-hydrogen) atoms. The third-order valence-corrected chi connectivity index (χ3v) is 4.48. The van der Waals surface area contributed by atoms with Gasteiger partial charge in [0.15, 0.2) is 6.54 Å². The van der Waals surface area contributed by atoms with Gasteiger partial charge in [-0.05, 0) is 19.9 Å². The smallest absolute Gasteiger partial charge is 0.277 e. The van der Waals surface area contributed by atoms with Crippen LogP contribution in [0.2, 0.25) is 0 Å². The lowest BCUT2D eigenvalue weighted by Gasteiger charge is -2.37. The fraction of sp³-hybridized carbons (Fsp3) is 0.688. The first-order chi connectivity index (χ1) is 11.1. The third-order valence-electron chi connectivity index (χ3n) is 4.48. The molecule has 1 N–H and O–H groups in total. The summed E-state index contributed by atoms with van der Waals surface area (Å²) in [4.78, 5) is 26.6. The van der Waals surface area contributed by atoms with Crippen molar-refractivity contribution in [3.8, 4) is 0 Å². The lowest BCUT2D eigenvalue weighted by molar-refractivity contribution is -0.892. The van der Waals surface area contributed by atoms with Crippen LogP contribution in [0.5, 0.6) is 0 Å². The molecular weight excluding hydrogens is 294 g/mol. The Kier molecular flexibility index (Phi) is 5.07. The highest BCUT2D eigenvalue weighted by atomic mass is 16.5. The van der Waals surface area contributed by atoms with Gasteiger partial charge in [-0.25, -0.2) is 9.97 Å². The number of piperazine rings is 1. The molecule has 2 aliphatic rings. The van der Waals surface area contributed by atoms with Crippen molar-refractivity contribution in [3.63, 3.8) is 0 Å². The van der Waals surface area contributed by atoms with E-state index in [0.29, 0.717) is 19.6 Å². The molecule has 0 saturated carbocycles. The Morgan fingerprint density at radius 1 is 1.22 bits per heavy atom. The molecule has 0 radical (unpaired) electrons. The summed E-state index contributed by atoms with van der Waals surface area (Å²) in [5.41, 5.74) is 0. The van der Waals surface area contributed by atoms with Crippen LogP contribution in [0.4, 0.5) is 5.95 Å². The van der Waals surface area contributed by atoms with E-state index in [1.165, 1.54) is 4.90 Å². The van der Waals surface area contributed by atoms with Gasteiger partial charge in [-0.3, -0.25) is 4.79 Å². The number of amides is 1. The zero-order valence-electron chi connectivity index (χ0n) is 13.9. The zero-order valence-corrected chi connectivity index (χ0v) is 13.9. The molecule has 3 rings (SSSR count). The molecule has 0 aliphatic carbocycles. The van der Waals surface area contributed by atoms with E-state index in [0.717, 1.165) is 32.1 Å². The number of rotatable bonds is 3. The predicted octanol–water partition coefficient (Wildman–Crippen LogP) is -1.18. The van der Waals surface area contributed by atoms with Crippen molar-refractivity contribution >= 4 is 11.9 Å². The standard InChI is InChI=1S/C16H25N5O2/c1-13-10-21(11-14(2)23-13)15(22)12-19-6-8-20(9-7-19)16-17-4-3-5-18-16/h3-5,13-14H,6-12H2,1-2H3/p+1/t13-,14+. The molecule has 0 unspecified atom stereocenters. The van der Waals surface area contributed by atoms with Crippen molar-refractivity contribution in [3.05, 3.63) is 18.5 Å². The number of carbonyl (C=O) groups is 1. The number of aromatic nitrogens is 2. The summed E-state index contributed by atoms with van der Waals surface area (Å²) in [5, 5.41) is 0. The summed E-state index contributed by atoms with van der Waals surface area (Å²) in [6, 6.07) is 1.83. The third kappa shape index (κ3) is 4.17. The van der Waals surface area contributed by atoms with E-state index in [4.69, 9.17) is 4.74 Å². The first kappa shape index (κ1) is 16.1. The van der Waals surface area contributed by atoms with E-state index in [2.05, 4.69) is 14.9 Å². The highest BCUT2D eigenvalue weighted by molar-refractivity contribution is 5.77. The number of morpholine rings is 1. The average molecular weight is 320 g/mol. The minimum Gasteiger partial charge on any atom is -0.372 e. The van der Waals surface area contributed by atoms with Gasteiger partial charge in [0.1, 0.15) is 0 Å². The van der Waals surface area contributed by atoms with Gasteiger partial charge >= 0.3 is 0 Å². The van der Waals surface area contributed by atoms with Gasteiger partial charge < -0.3 is 19.4 Å². The molecule has 126 valence electrons. The first-order valence-corrected chi connectivity index (χ1v) is 8.40. The Labute approximate surface area is 137 Å². The molecule has 2 saturated heterocycles. The van der Waals surface area contributed by atoms with E-state index >= 15 is 0 Å². The number of quaternary nitrogens is 1. The Morgan fingerprint density at radius 2 is 1.83 bits per heavy atom. The van der Waals surface area contributed by atoms with Crippen LogP contribution in [0.1, 0.15) is 13.8 Å². The minimum absolute atomic E-state index is 0.129. The number of nitrogens with one attached hydrogen (secondary N) is 1. The molecule has 7 heteroatoms. The van der Waals surface area contributed by atoms with Crippen LogP contribution in [0.15, 0.2) is 18.5 Å². The molecule has 7 nitrogen and oxygen atoms in total. The molecule has 2 atom stereocenters. The Hall–Kier alpha value is -1.73. The van der Waals surface area contributed by atoms with Crippen LogP contribution < -0.4 is 9.80 Å². The van der Waals surface area contributed by atoms with Crippen molar-refractivity contribution in [2.75, 3.05) is 50.7 Å². The number of ether oxygens (including phenoxy) is 1. The molecule has 1 aromatic rings. The lowest BCUT2D eigenvalue weighted by Crippen LogP contribution is -3.16. The van der Waals surface area contributed by atoms with Gasteiger partial charge in [-0.15, -0.1) is 0 Å².